The number of aryl methyl sites for hydroxylation is 2. The van der Waals surface area contributed by atoms with Crippen LogP contribution in [-0.2, 0) is 4.74 Å². The zero-order valence-electron chi connectivity index (χ0n) is 9.69. The summed E-state index contributed by atoms with van der Waals surface area (Å²) in [6.45, 7) is 5.27. The molecule has 88 valence electrons. The van der Waals surface area contributed by atoms with E-state index in [1.54, 1.807) is 0 Å². The first kappa shape index (κ1) is 11.2. The van der Waals surface area contributed by atoms with Gasteiger partial charge in [-0.2, -0.15) is 0 Å². The van der Waals surface area contributed by atoms with Gasteiger partial charge in [-0.1, -0.05) is 0 Å². The maximum absolute atomic E-state index is 11.2. The van der Waals surface area contributed by atoms with Gasteiger partial charge in [0.25, 0.3) is 0 Å². The molecule has 2 heterocycles. The van der Waals surface area contributed by atoms with Gasteiger partial charge in [-0.3, -0.25) is 0 Å². The van der Waals surface area contributed by atoms with Gasteiger partial charge in [0, 0.05) is 24.9 Å². The van der Waals surface area contributed by atoms with Crippen LogP contribution in [0.3, 0.4) is 0 Å². The van der Waals surface area contributed by atoms with Crippen molar-refractivity contribution < 1.29 is 14.6 Å². The quantitative estimate of drug-likeness (QED) is 0.835. The Morgan fingerprint density at radius 3 is 2.62 bits per heavy atom. The number of aromatic carboxylic acids is 1. The van der Waals surface area contributed by atoms with E-state index < -0.39 is 5.97 Å². The van der Waals surface area contributed by atoms with E-state index in [0.29, 0.717) is 5.69 Å². The van der Waals surface area contributed by atoms with Crippen molar-refractivity contribution in [3.63, 3.8) is 0 Å². The lowest BCUT2D eigenvalue weighted by atomic mass is 10.1. The summed E-state index contributed by atoms with van der Waals surface area (Å²) in [5.41, 5.74) is 2.31. The van der Waals surface area contributed by atoms with Crippen LogP contribution in [-0.4, -0.2) is 28.9 Å². The van der Waals surface area contributed by atoms with Gasteiger partial charge in [0.05, 0.1) is 0 Å². The van der Waals surface area contributed by atoms with Crippen LogP contribution >= 0.6 is 0 Å². The van der Waals surface area contributed by atoms with Crippen molar-refractivity contribution >= 4 is 5.97 Å². The minimum absolute atomic E-state index is 0.272. The van der Waals surface area contributed by atoms with E-state index in [0.717, 1.165) is 37.3 Å². The Bertz CT molecular complexity index is 403. The van der Waals surface area contributed by atoms with Crippen molar-refractivity contribution in [2.24, 2.45) is 0 Å². The van der Waals surface area contributed by atoms with Crippen molar-refractivity contribution in [3.8, 4) is 0 Å². The summed E-state index contributed by atoms with van der Waals surface area (Å²) in [4.78, 5) is 11.2. The Morgan fingerprint density at radius 1 is 1.44 bits per heavy atom. The molecule has 0 amide bonds. The molecule has 0 saturated carbocycles. The molecule has 16 heavy (non-hydrogen) atoms. The van der Waals surface area contributed by atoms with Crippen molar-refractivity contribution in [1.29, 1.82) is 0 Å². The Labute approximate surface area is 94.8 Å². The number of carbonyl (C=O) groups is 1. The fraction of sp³-hybridized carbons (Fsp3) is 0.583. The van der Waals surface area contributed by atoms with Crippen LogP contribution in [0.2, 0.25) is 0 Å². The lowest BCUT2D eigenvalue weighted by Gasteiger charge is -2.26. The molecule has 0 aromatic carbocycles. The van der Waals surface area contributed by atoms with Crippen LogP contribution < -0.4 is 0 Å². The second kappa shape index (κ2) is 4.29. The standard InChI is InChI=1S/C12H17NO3/c1-8-7-9(2)13(11(8)12(14)15)10-3-5-16-6-4-10/h7,10H,3-6H2,1-2H3,(H,14,15). The molecule has 1 aliphatic rings. The molecule has 0 bridgehead atoms. The summed E-state index contributed by atoms with van der Waals surface area (Å²) in [7, 11) is 0. The maximum atomic E-state index is 11.2. The molecule has 0 radical (unpaired) electrons. The number of aromatic nitrogens is 1. The molecule has 1 N–H and O–H groups in total. The molecule has 1 aromatic heterocycles. The van der Waals surface area contributed by atoms with Gasteiger partial charge >= 0.3 is 5.97 Å². The largest absolute Gasteiger partial charge is 0.477 e. The number of hydrogen-bond donors (Lipinski definition) is 1. The minimum Gasteiger partial charge on any atom is -0.477 e. The highest BCUT2D eigenvalue weighted by atomic mass is 16.5. The summed E-state index contributed by atoms with van der Waals surface area (Å²) < 4.78 is 7.27. The van der Waals surface area contributed by atoms with Gasteiger partial charge in [-0.15, -0.1) is 0 Å². The second-order valence-electron chi connectivity index (χ2n) is 4.34. The third kappa shape index (κ3) is 1.85. The molecule has 0 unspecified atom stereocenters. The van der Waals surface area contributed by atoms with Gasteiger partial charge in [0.15, 0.2) is 0 Å². The molecule has 2 rings (SSSR count). The molecule has 4 heteroatoms. The van der Waals surface area contributed by atoms with Gasteiger partial charge in [-0.05, 0) is 38.3 Å². The number of ether oxygens (including phenoxy) is 1. The summed E-state index contributed by atoms with van der Waals surface area (Å²) in [6.07, 6.45) is 1.80. The summed E-state index contributed by atoms with van der Waals surface area (Å²) in [5, 5.41) is 9.24. The highest BCUT2D eigenvalue weighted by Crippen LogP contribution is 2.27. The number of carboxylic acids is 1. The summed E-state index contributed by atoms with van der Waals surface area (Å²) >= 11 is 0. The van der Waals surface area contributed by atoms with Crippen LogP contribution in [0.25, 0.3) is 0 Å². The van der Waals surface area contributed by atoms with Crippen molar-refractivity contribution in [2.75, 3.05) is 13.2 Å². The average Bonchev–Trinajstić information content (AvgIpc) is 2.55. The zero-order valence-corrected chi connectivity index (χ0v) is 9.69. The molecule has 1 aromatic rings. The van der Waals surface area contributed by atoms with Crippen molar-refractivity contribution in [1.82, 2.24) is 4.57 Å². The van der Waals surface area contributed by atoms with Gasteiger partial charge in [0.1, 0.15) is 5.69 Å². The van der Waals surface area contributed by atoms with E-state index in [1.807, 2.05) is 24.5 Å². The van der Waals surface area contributed by atoms with Crippen molar-refractivity contribution in [2.45, 2.75) is 32.7 Å². The predicted molar refractivity (Wildman–Crippen MR) is 60.0 cm³/mol. The molecule has 0 atom stereocenters. The minimum atomic E-state index is -0.836. The van der Waals surface area contributed by atoms with E-state index >= 15 is 0 Å². The van der Waals surface area contributed by atoms with E-state index in [4.69, 9.17) is 4.74 Å². The number of carboxylic acid groups (broad SMARTS) is 1. The third-order valence-electron chi connectivity index (χ3n) is 3.18. The smallest absolute Gasteiger partial charge is 0.352 e. The predicted octanol–water partition coefficient (Wildman–Crippen LogP) is 2.15. The van der Waals surface area contributed by atoms with Gasteiger partial charge in [-0.25, -0.2) is 4.79 Å². The second-order valence-corrected chi connectivity index (χ2v) is 4.34. The summed E-state index contributed by atoms with van der Waals surface area (Å²) in [5.74, 6) is -0.836. The molecule has 1 saturated heterocycles. The van der Waals surface area contributed by atoms with E-state index in [9.17, 15) is 9.90 Å². The van der Waals surface area contributed by atoms with Crippen molar-refractivity contribution in [3.05, 3.63) is 23.0 Å². The Morgan fingerprint density at radius 2 is 2.06 bits per heavy atom. The number of rotatable bonds is 2. The van der Waals surface area contributed by atoms with Crippen LogP contribution in [0.1, 0.15) is 40.6 Å². The molecular weight excluding hydrogens is 206 g/mol. The molecular formula is C12H17NO3. The van der Waals surface area contributed by atoms with Crippen LogP contribution in [0.5, 0.6) is 0 Å². The lowest BCUT2D eigenvalue weighted by Crippen LogP contribution is -2.23. The van der Waals surface area contributed by atoms with Crippen LogP contribution in [0.4, 0.5) is 0 Å². The van der Waals surface area contributed by atoms with Gasteiger partial charge < -0.3 is 14.4 Å². The third-order valence-corrected chi connectivity index (χ3v) is 3.18. The molecule has 0 spiro atoms. The Balaban J connectivity index is 2.41. The Hall–Kier alpha value is -1.29. The van der Waals surface area contributed by atoms with E-state index in [1.165, 1.54) is 0 Å². The molecule has 0 aliphatic carbocycles. The molecule has 1 fully saturated rings. The fourth-order valence-electron chi connectivity index (χ4n) is 2.50. The number of hydrogen-bond acceptors (Lipinski definition) is 2. The highest BCUT2D eigenvalue weighted by molar-refractivity contribution is 5.88. The maximum Gasteiger partial charge on any atom is 0.352 e. The van der Waals surface area contributed by atoms with Crippen LogP contribution in [0.15, 0.2) is 6.07 Å². The van der Waals surface area contributed by atoms with E-state index in [-0.39, 0.29) is 6.04 Å². The van der Waals surface area contributed by atoms with Gasteiger partial charge in [0.2, 0.25) is 0 Å². The molecule has 4 nitrogen and oxygen atoms in total. The first-order valence-electron chi connectivity index (χ1n) is 5.60. The van der Waals surface area contributed by atoms with E-state index in [2.05, 4.69) is 0 Å². The average molecular weight is 223 g/mol. The number of nitrogens with zero attached hydrogens (tertiary/aromatic N) is 1. The summed E-state index contributed by atoms with van der Waals surface area (Å²) in [6, 6.07) is 2.22. The monoisotopic (exact) mass is 223 g/mol. The first-order chi connectivity index (χ1) is 7.61. The zero-order chi connectivity index (χ0) is 11.7. The topological polar surface area (TPSA) is 51.5 Å². The van der Waals surface area contributed by atoms with Crippen LogP contribution in [0, 0.1) is 13.8 Å². The highest BCUT2D eigenvalue weighted by Gasteiger charge is 2.24. The SMILES string of the molecule is Cc1cc(C)n(C2CCOCC2)c1C(=O)O. The fourth-order valence-corrected chi connectivity index (χ4v) is 2.50. The lowest BCUT2D eigenvalue weighted by molar-refractivity contribution is 0.0604. The Kier molecular flexibility index (Phi) is 3.01. The molecule has 1 aliphatic heterocycles. The first-order valence-corrected chi connectivity index (χ1v) is 5.60. The normalized spacial score (nSPS) is 17.6.